The van der Waals surface area contributed by atoms with Crippen molar-refractivity contribution < 1.29 is 4.74 Å². The molecule has 0 bridgehead atoms. The number of nitrogens with zero attached hydrogens (tertiary/aromatic N) is 3. The Morgan fingerprint density at radius 2 is 1.08 bits per heavy atom. The molecule has 7 aliphatic rings. The minimum absolute atomic E-state index is 0.0229. The van der Waals surface area contributed by atoms with Crippen molar-refractivity contribution in [2.75, 3.05) is 0 Å². The summed E-state index contributed by atoms with van der Waals surface area (Å²) >= 11 is 0.0555. The predicted molar refractivity (Wildman–Crippen MR) is 299 cm³/mol. The normalized spacial score (nSPS) is 18.1. The molecule has 0 N–H and O–H groups in total. The third-order valence-electron chi connectivity index (χ3n) is 18.4. The van der Waals surface area contributed by atoms with Crippen LogP contribution in [0, 0.1) is 0 Å². The number of rotatable bonds is 4. The summed E-state index contributed by atoms with van der Waals surface area (Å²) in [5.74, 6) is 2.35. The average molecular weight is 995 g/mol. The molecule has 0 fully saturated rings. The van der Waals surface area contributed by atoms with Crippen molar-refractivity contribution in [3.8, 4) is 28.6 Å². The number of fused-ring (bicyclic) bond motifs is 15. The first-order chi connectivity index (χ1) is 35.7. The number of para-hydroxylation sites is 3. The zero-order valence-electron chi connectivity index (χ0n) is 40.7. The standard InChI is InChI=1S/C66H54BN3OSe/c1-2-16-42-43-17-4-5-23-51(43)64(50(42)22-3-1)39-34-61-65-63(35-39)72-62-38-40(68-54-26-10-6-18-44(54)45-19-7-11-27-55(45)68)32-33-52(62)67(65)53-36-41(69-56-28-12-8-20-46(56)48-24-14-30-57(48)69)37-60(66(53)71-61)70-58-29-13-9-21-47(58)49-25-15-31-59(49)70/h4-6,8-10,12-13,17-18,20-21,23,26,28-29,32-38,64H,1-3,7,11,14-16,19,22,24-25,27,30-31H2. The summed E-state index contributed by atoms with van der Waals surface area (Å²) in [6.07, 6.45) is 17.9. The Balaban J connectivity index is 0.952. The maximum absolute atomic E-state index is 7.86. The van der Waals surface area contributed by atoms with Crippen LogP contribution in [0.15, 0.2) is 145 Å². The monoisotopic (exact) mass is 995 g/mol. The maximum atomic E-state index is 7.86. The van der Waals surface area contributed by atoms with Gasteiger partial charge < -0.3 is 0 Å². The molecule has 3 aromatic heterocycles. The Labute approximate surface area is 427 Å². The first-order valence-corrected chi connectivity index (χ1v) is 29.0. The molecule has 10 aromatic rings. The number of hydrogen-bond acceptors (Lipinski definition) is 1. The Morgan fingerprint density at radius 3 is 1.85 bits per heavy atom. The molecule has 2 aliphatic heterocycles. The fourth-order valence-electron chi connectivity index (χ4n) is 15.5. The van der Waals surface area contributed by atoms with Crippen molar-refractivity contribution in [1.82, 2.24) is 13.7 Å². The molecule has 5 heterocycles. The number of hydrogen-bond donors (Lipinski definition) is 0. The van der Waals surface area contributed by atoms with Crippen LogP contribution in [0.25, 0.3) is 55.3 Å². The van der Waals surface area contributed by atoms with Crippen molar-refractivity contribution in [3.63, 3.8) is 0 Å². The molecule has 7 aromatic carbocycles. The molecule has 6 heteroatoms. The molecule has 4 nitrogen and oxygen atoms in total. The third-order valence-corrected chi connectivity index (χ3v) is 20.8. The van der Waals surface area contributed by atoms with E-state index in [2.05, 4.69) is 153 Å². The molecule has 0 saturated carbocycles. The van der Waals surface area contributed by atoms with Crippen LogP contribution in [-0.4, -0.2) is 35.4 Å². The summed E-state index contributed by atoms with van der Waals surface area (Å²) in [6.45, 7) is 0.0229. The van der Waals surface area contributed by atoms with Gasteiger partial charge in [0.15, 0.2) is 0 Å². The van der Waals surface area contributed by atoms with E-state index in [-0.39, 0.29) is 27.6 Å². The van der Waals surface area contributed by atoms with Gasteiger partial charge >= 0.3 is 430 Å². The fourth-order valence-corrected chi connectivity index (χ4v) is 18.1. The molecule has 348 valence electrons. The van der Waals surface area contributed by atoms with E-state index in [1.165, 1.54) is 184 Å². The van der Waals surface area contributed by atoms with Gasteiger partial charge in [0, 0.05) is 0 Å². The quantitative estimate of drug-likeness (QED) is 0.161. The SMILES string of the molecule is c1ccc2c(c1)C1=C(CCCCC1)C2c1cc2c3c(c1)[Se]c1cc(-n4c5c(c6ccccc64)CCCC5)ccc1B3c1cc(-n3c4c(c5ccccc53)CCC4)cc(-n3c4c(c5ccccc53)CCC4)c1O2. The Kier molecular flexibility index (Phi) is 8.74. The van der Waals surface area contributed by atoms with Gasteiger partial charge in [0.25, 0.3) is 0 Å². The number of benzene rings is 7. The van der Waals surface area contributed by atoms with E-state index in [1.807, 2.05) is 0 Å². The molecule has 0 spiro atoms. The molecular formula is C66H54BN3OSe. The second-order valence-electron chi connectivity index (χ2n) is 22.0. The van der Waals surface area contributed by atoms with E-state index in [9.17, 15) is 0 Å². The van der Waals surface area contributed by atoms with E-state index in [4.69, 9.17) is 4.74 Å². The molecule has 5 aliphatic carbocycles. The first kappa shape index (κ1) is 40.8. The molecule has 0 radical (unpaired) electrons. The second-order valence-corrected chi connectivity index (χ2v) is 24.3. The molecule has 1 atom stereocenters. The minimum atomic E-state index is 0.0229. The molecular weight excluding hydrogens is 941 g/mol. The van der Waals surface area contributed by atoms with Gasteiger partial charge in [-0.1, -0.05) is 0 Å². The van der Waals surface area contributed by atoms with Crippen LogP contribution in [-0.2, 0) is 38.5 Å². The van der Waals surface area contributed by atoms with E-state index < -0.39 is 0 Å². The van der Waals surface area contributed by atoms with E-state index >= 15 is 0 Å². The van der Waals surface area contributed by atoms with Crippen LogP contribution in [0.1, 0.15) is 114 Å². The molecule has 1 unspecified atom stereocenters. The van der Waals surface area contributed by atoms with E-state index in [0.29, 0.717) is 0 Å². The number of aromatic nitrogens is 3. The summed E-state index contributed by atoms with van der Waals surface area (Å²) < 4.78 is 18.8. The summed E-state index contributed by atoms with van der Waals surface area (Å²) in [5.41, 5.74) is 28.6. The molecule has 72 heavy (non-hydrogen) atoms. The van der Waals surface area contributed by atoms with Crippen LogP contribution in [0.2, 0.25) is 0 Å². The van der Waals surface area contributed by atoms with Gasteiger partial charge in [-0.25, -0.2) is 0 Å². The molecule has 17 rings (SSSR count). The van der Waals surface area contributed by atoms with Gasteiger partial charge in [0.2, 0.25) is 0 Å². The Bertz CT molecular complexity index is 4070. The summed E-state index contributed by atoms with van der Waals surface area (Å²) in [4.78, 5) is 0. The van der Waals surface area contributed by atoms with Crippen molar-refractivity contribution in [2.45, 2.75) is 102 Å². The van der Waals surface area contributed by atoms with E-state index in [0.717, 1.165) is 43.6 Å². The topological polar surface area (TPSA) is 24.0 Å². The zero-order chi connectivity index (χ0) is 46.8. The van der Waals surface area contributed by atoms with Crippen molar-refractivity contribution in [2.24, 2.45) is 0 Å². The molecule has 0 amide bonds. The second kappa shape index (κ2) is 15.4. The van der Waals surface area contributed by atoms with Crippen LogP contribution >= 0.6 is 0 Å². The Hall–Kier alpha value is -6.72. The van der Waals surface area contributed by atoms with Gasteiger partial charge in [-0.15, -0.1) is 0 Å². The fraction of sp³-hybridized carbons (Fsp3) is 0.242. The van der Waals surface area contributed by atoms with Crippen LogP contribution < -0.4 is 30.0 Å². The van der Waals surface area contributed by atoms with Crippen LogP contribution in [0.4, 0.5) is 0 Å². The van der Waals surface area contributed by atoms with Gasteiger partial charge in [-0.2, -0.15) is 0 Å². The Morgan fingerprint density at radius 1 is 0.472 bits per heavy atom. The first-order valence-electron chi connectivity index (χ1n) is 27.2. The third kappa shape index (κ3) is 5.61. The number of allylic oxidation sites excluding steroid dienone is 2. The molecule has 0 saturated heterocycles. The zero-order valence-corrected chi connectivity index (χ0v) is 42.4. The van der Waals surface area contributed by atoms with Gasteiger partial charge in [-0.3, -0.25) is 0 Å². The van der Waals surface area contributed by atoms with Gasteiger partial charge in [0.05, 0.1) is 0 Å². The predicted octanol–water partition coefficient (Wildman–Crippen LogP) is 11.8. The van der Waals surface area contributed by atoms with Crippen molar-refractivity contribution >= 4 is 85.3 Å². The van der Waals surface area contributed by atoms with Crippen LogP contribution in [0.3, 0.4) is 0 Å². The number of aryl methyl sites for hydroxylation is 3. The number of ether oxygens (including phenoxy) is 1. The van der Waals surface area contributed by atoms with E-state index in [1.54, 1.807) is 16.7 Å². The van der Waals surface area contributed by atoms with Crippen LogP contribution in [0.5, 0.6) is 11.5 Å². The van der Waals surface area contributed by atoms with Crippen molar-refractivity contribution in [1.29, 1.82) is 0 Å². The summed E-state index contributed by atoms with van der Waals surface area (Å²) in [6, 6.07) is 55.0. The van der Waals surface area contributed by atoms with Crippen molar-refractivity contribution in [3.05, 3.63) is 196 Å². The summed E-state index contributed by atoms with van der Waals surface area (Å²) in [7, 11) is 0. The van der Waals surface area contributed by atoms with Gasteiger partial charge in [0.1, 0.15) is 0 Å². The summed E-state index contributed by atoms with van der Waals surface area (Å²) in [5, 5.41) is 4.24. The van der Waals surface area contributed by atoms with Gasteiger partial charge in [-0.05, 0) is 0 Å². The average Bonchev–Trinajstić information content (AvgIpc) is 4.27.